The fourth-order valence-corrected chi connectivity index (χ4v) is 1.75. The second kappa shape index (κ2) is 6.93. The van der Waals surface area contributed by atoms with Crippen molar-refractivity contribution in [3.05, 3.63) is 0 Å². The predicted molar refractivity (Wildman–Crippen MR) is 63.7 cm³/mol. The average Bonchev–Trinajstić information content (AvgIpc) is 2.63. The van der Waals surface area contributed by atoms with Crippen LogP contribution in [-0.2, 0) is 14.3 Å². The minimum absolute atomic E-state index is 0.0892. The topological polar surface area (TPSA) is 67.8 Å². The standard InChI is InChI=1S/C12H23NO4/c1-3-6-16-7-4-11(14)13-9-12(15)5-8-17-10(12)2/h10,15H,3-9H2,1-2H3,(H,13,14). The Morgan fingerprint density at radius 1 is 1.59 bits per heavy atom. The highest BCUT2D eigenvalue weighted by molar-refractivity contribution is 5.76. The Morgan fingerprint density at radius 3 is 2.94 bits per heavy atom. The second-order valence-electron chi connectivity index (χ2n) is 4.51. The van der Waals surface area contributed by atoms with Gasteiger partial charge in [0.25, 0.3) is 0 Å². The maximum atomic E-state index is 11.5. The number of amides is 1. The molecule has 17 heavy (non-hydrogen) atoms. The van der Waals surface area contributed by atoms with E-state index in [1.807, 2.05) is 13.8 Å². The zero-order valence-electron chi connectivity index (χ0n) is 10.7. The third-order valence-corrected chi connectivity index (χ3v) is 3.07. The lowest BCUT2D eigenvalue weighted by Crippen LogP contribution is -2.47. The summed E-state index contributed by atoms with van der Waals surface area (Å²) in [5.41, 5.74) is -0.917. The lowest BCUT2D eigenvalue weighted by Gasteiger charge is -2.26. The van der Waals surface area contributed by atoms with Crippen molar-refractivity contribution in [1.29, 1.82) is 0 Å². The molecule has 1 saturated heterocycles. The van der Waals surface area contributed by atoms with Gasteiger partial charge in [-0.05, 0) is 13.3 Å². The van der Waals surface area contributed by atoms with Gasteiger partial charge in [-0.25, -0.2) is 0 Å². The third kappa shape index (κ3) is 4.61. The Morgan fingerprint density at radius 2 is 2.35 bits per heavy atom. The molecular weight excluding hydrogens is 222 g/mol. The molecule has 5 nitrogen and oxygen atoms in total. The zero-order valence-corrected chi connectivity index (χ0v) is 10.7. The molecule has 2 atom stereocenters. The van der Waals surface area contributed by atoms with Crippen molar-refractivity contribution in [2.75, 3.05) is 26.4 Å². The Labute approximate surface area is 102 Å². The molecule has 2 unspecified atom stereocenters. The van der Waals surface area contributed by atoms with Gasteiger partial charge in [0, 0.05) is 32.6 Å². The molecule has 1 rings (SSSR count). The van der Waals surface area contributed by atoms with Crippen molar-refractivity contribution in [3.63, 3.8) is 0 Å². The third-order valence-electron chi connectivity index (χ3n) is 3.07. The number of aliphatic hydroxyl groups is 1. The monoisotopic (exact) mass is 245 g/mol. The van der Waals surface area contributed by atoms with Gasteiger partial charge in [0.05, 0.1) is 12.7 Å². The molecular formula is C12H23NO4. The van der Waals surface area contributed by atoms with Gasteiger partial charge < -0.3 is 19.9 Å². The lowest BCUT2D eigenvalue weighted by atomic mass is 9.97. The summed E-state index contributed by atoms with van der Waals surface area (Å²) < 4.78 is 10.5. The number of carbonyl (C=O) groups excluding carboxylic acids is 1. The Balaban J connectivity index is 2.15. The fourth-order valence-electron chi connectivity index (χ4n) is 1.75. The van der Waals surface area contributed by atoms with Gasteiger partial charge in [0.1, 0.15) is 5.60 Å². The van der Waals surface area contributed by atoms with Gasteiger partial charge in [-0.2, -0.15) is 0 Å². The van der Waals surface area contributed by atoms with E-state index in [0.29, 0.717) is 32.7 Å². The maximum absolute atomic E-state index is 11.5. The molecule has 0 aromatic heterocycles. The van der Waals surface area contributed by atoms with E-state index < -0.39 is 5.60 Å². The quantitative estimate of drug-likeness (QED) is 0.639. The summed E-state index contributed by atoms with van der Waals surface area (Å²) in [6.45, 7) is 5.76. The highest BCUT2D eigenvalue weighted by Gasteiger charge is 2.39. The van der Waals surface area contributed by atoms with Crippen molar-refractivity contribution < 1.29 is 19.4 Å². The molecule has 1 aliphatic heterocycles. The molecule has 100 valence electrons. The van der Waals surface area contributed by atoms with Crippen LogP contribution in [0.2, 0.25) is 0 Å². The predicted octanol–water partition coefficient (Wildman–Crippen LogP) is 0.459. The van der Waals surface area contributed by atoms with E-state index in [1.54, 1.807) is 0 Å². The van der Waals surface area contributed by atoms with E-state index in [2.05, 4.69) is 5.32 Å². The van der Waals surface area contributed by atoms with Crippen LogP contribution >= 0.6 is 0 Å². The molecule has 0 aliphatic carbocycles. The van der Waals surface area contributed by atoms with Crippen LogP contribution in [0.1, 0.15) is 33.1 Å². The van der Waals surface area contributed by atoms with Crippen molar-refractivity contribution >= 4 is 5.91 Å². The molecule has 0 aromatic carbocycles. The number of ether oxygens (including phenoxy) is 2. The van der Waals surface area contributed by atoms with Crippen LogP contribution in [0.25, 0.3) is 0 Å². The van der Waals surface area contributed by atoms with Crippen molar-refractivity contribution in [1.82, 2.24) is 5.32 Å². The number of carbonyl (C=O) groups is 1. The molecule has 1 fully saturated rings. The molecule has 1 amide bonds. The molecule has 1 aliphatic rings. The lowest BCUT2D eigenvalue weighted by molar-refractivity contribution is -0.124. The van der Waals surface area contributed by atoms with Gasteiger partial charge in [0.2, 0.25) is 5.91 Å². The van der Waals surface area contributed by atoms with Crippen LogP contribution in [0, 0.1) is 0 Å². The number of hydrogen-bond acceptors (Lipinski definition) is 4. The molecule has 5 heteroatoms. The largest absolute Gasteiger partial charge is 0.385 e. The van der Waals surface area contributed by atoms with Crippen molar-refractivity contribution in [3.8, 4) is 0 Å². The first-order valence-electron chi connectivity index (χ1n) is 6.27. The first-order valence-corrected chi connectivity index (χ1v) is 6.27. The summed E-state index contributed by atoms with van der Waals surface area (Å²) >= 11 is 0. The Kier molecular flexibility index (Phi) is 5.88. The van der Waals surface area contributed by atoms with Crippen molar-refractivity contribution in [2.45, 2.75) is 44.8 Å². The normalized spacial score (nSPS) is 28.3. The van der Waals surface area contributed by atoms with E-state index >= 15 is 0 Å². The molecule has 2 N–H and O–H groups in total. The van der Waals surface area contributed by atoms with Crippen LogP contribution in [0.3, 0.4) is 0 Å². The van der Waals surface area contributed by atoms with Gasteiger partial charge in [-0.1, -0.05) is 6.92 Å². The molecule has 1 heterocycles. The van der Waals surface area contributed by atoms with Gasteiger partial charge in [-0.3, -0.25) is 4.79 Å². The van der Waals surface area contributed by atoms with E-state index in [4.69, 9.17) is 9.47 Å². The first-order chi connectivity index (χ1) is 8.08. The number of hydrogen-bond donors (Lipinski definition) is 2. The maximum Gasteiger partial charge on any atom is 0.222 e. The highest BCUT2D eigenvalue weighted by Crippen LogP contribution is 2.24. The van der Waals surface area contributed by atoms with Crippen LogP contribution in [0.4, 0.5) is 0 Å². The van der Waals surface area contributed by atoms with E-state index in [-0.39, 0.29) is 18.6 Å². The summed E-state index contributed by atoms with van der Waals surface area (Å²) in [5, 5.41) is 12.9. The Hall–Kier alpha value is -0.650. The summed E-state index contributed by atoms with van der Waals surface area (Å²) in [6.07, 6.45) is 1.64. The van der Waals surface area contributed by atoms with Crippen LogP contribution in [0.5, 0.6) is 0 Å². The highest BCUT2D eigenvalue weighted by atomic mass is 16.5. The summed E-state index contributed by atoms with van der Waals surface area (Å²) in [7, 11) is 0. The van der Waals surface area contributed by atoms with Gasteiger partial charge >= 0.3 is 0 Å². The molecule has 0 spiro atoms. The summed E-state index contributed by atoms with van der Waals surface area (Å²) in [6, 6.07) is 0. The van der Waals surface area contributed by atoms with Gasteiger partial charge in [0.15, 0.2) is 0 Å². The van der Waals surface area contributed by atoms with E-state index in [0.717, 1.165) is 6.42 Å². The van der Waals surface area contributed by atoms with E-state index in [9.17, 15) is 9.90 Å². The van der Waals surface area contributed by atoms with Crippen molar-refractivity contribution in [2.24, 2.45) is 0 Å². The summed E-state index contributed by atoms with van der Waals surface area (Å²) in [5.74, 6) is -0.0892. The van der Waals surface area contributed by atoms with Gasteiger partial charge in [-0.15, -0.1) is 0 Å². The summed E-state index contributed by atoms with van der Waals surface area (Å²) in [4.78, 5) is 11.5. The molecule has 0 bridgehead atoms. The van der Waals surface area contributed by atoms with E-state index in [1.165, 1.54) is 0 Å². The fraction of sp³-hybridized carbons (Fsp3) is 0.917. The molecule has 0 saturated carbocycles. The van der Waals surface area contributed by atoms with Crippen LogP contribution in [-0.4, -0.2) is 49.1 Å². The van der Waals surface area contributed by atoms with Crippen LogP contribution in [0.15, 0.2) is 0 Å². The smallest absolute Gasteiger partial charge is 0.222 e. The Bertz CT molecular complexity index is 247. The SMILES string of the molecule is CCCOCCC(=O)NCC1(O)CCOC1C. The average molecular weight is 245 g/mol. The molecule has 0 aromatic rings. The number of nitrogens with one attached hydrogen (secondary N) is 1. The zero-order chi connectivity index (χ0) is 12.7. The second-order valence-corrected chi connectivity index (χ2v) is 4.51. The minimum atomic E-state index is -0.917. The molecule has 0 radical (unpaired) electrons. The number of rotatable bonds is 7. The van der Waals surface area contributed by atoms with Crippen LogP contribution < -0.4 is 5.32 Å². The minimum Gasteiger partial charge on any atom is -0.385 e. The first kappa shape index (κ1) is 14.4.